The van der Waals surface area contributed by atoms with E-state index in [4.69, 9.17) is 5.11 Å². The summed E-state index contributed by atoms with van der Waals surface area (Å²) in [7, 11) is 0. The quantitative estimate of drug-likeness (QED) is 0.493. The van der Waals surface area contributed by atoms with Crippen molar-refractivity contribution in [2.45, 2.75) is 13.0 Å². The fourth-order valence-electron chi connectivity index (χ4n) is 0.796. The van der Waals surface area contributed by atoms with E-state index in [9.17, 15) is 0 Å². The van der Waals surface area contributed by atoms with Crippen LogP contribution in [-0.4, -0.2) is 24.3 Å². The van der Waals surface area contributed by atoms with Crippen LogP contribution in [-0.2, 0) is 0 Å². The van der Waals surface area contributed by atoms with E-state index in [2.05, 4.69) is 5.32 Å². The summed E-state index contributed by atoms with van der Waals surface area (Å²) in [6, 6.07) is 0. The zero-order chi connectivity index (χ0) is 5.28. The molecule has 0 amide bonds. The highest BCUT2D eigenvalue weighted by Crippen LogP contribution is 2.05. The van der Waals surface area contributed by atoms with Crippen molar-refractivity contribution < 1.29 is 5.11 Å². The first-order chi connectivity index (χ1) is 3.30. The highest BCUT2D eigenvalue weighted by atomic mass is 35.5. The van der Waals surface area contributed by atoms with Gasteiger partial charge in [-0.2, -0.15) is 0 Å². The SMILES string of the molecule is C[C@@H]1CNC[C@@H]1O.Cl. The van der Waals surface area contributed by atoms with Crippen LogP contribution in [0.4, 0.5) is 0 Å². The molecule has 0 aromatic carbocycles. The molecule has 1 fully saturated rings. The van der Waals surface area contributed by atoms with E-state index in [1.54, 1.807) is 0 Å². The lowest BCUT2D eigenvalue weighted by Gasteiger charge is -2.02. The molecular formula is C5H12ClNO. The molecular weight excluding hydrogens is 126 g/mol. The van der Waals surface area contributed by atoms with E-state index in [-0.39, 0.29) is 18.5 Å². The number of hydrogen-bond donors (Lipinski definition) is 2. The van der Waals surface area contributed by atoms with Gasteiger partial charge in [-0.1, -0.05) is 6.92 Å². The fourth-order valence-corrected chi connectivity index (χ4v) is 0.796. The van der Waals surface area contributed by atoms with Crippen molar-refractivity contribution in [1.82, 2.24) is 5.32 Å². The second kappa shape index (κ2) is 3.28. The highest BCUT2D eigenvalue weighted by Gasteiger charge is 2.18. The molecule has 3 heteroatoms. The van der Waals surface area contributed by atoms with Gasteiger partial charge in [-0.25, -0.2) is 0 Å². The average molecular weight is 138 g/mol. The Labute approximate surface area is 55.7 Å². The Hall–Kier alpha value is 0.210. The van der Waals surface area contributed by atoms with E-state index in [0.717, 1.165) is 13.1 Å². The van der Waals surface area contributed by atoms with Gasteiger partial charge in [0.2, 0.25) is 0 Å². The number of halogens is 1. The van der Waals surface area contributed by atoms with Crippen LogP contribution in [0.3, 0.4) is 0 Å². The first-order valence-corrected chi connectivity index (χ1v) is 2.69. The molecule has 0 aromatic rings. The Morgan fingerprint density at radius 2 is 2.12 bits per heavy atom. The molecule has 0 radical (unpaired) electrons. The normalized spacial score (nSPS) is 36.8. The zero-order valence-electron chi connectivity index (χ0n) is 4.92. The van der Waals surface area contributed by atoms with E-state index in [1.165, 1.54) is 0 Å². The van der Waals surface area contributed by atoms with Crippen LogP contribution in [0.2, 0.25) is 0 Å². The number of rotatable bonds is 0. The zero-order valence-corrected chi connectivity index (χ0v) is 5.74. The minimum atomic E-state index is -0.0972. The van der Waals surface area contributed by atoms with Crippen molar-refractivity contribution in [2.75, 3.05) is 13.1 Å². The molecule has 2 atom stereocenters. The average Bonchev–Trinajstić information content (AvgIpc) is 1.91. The van der Waals surface area contributed by atoms with Crippen LogP contribution in [0.5, 0.6) is 0 Å². The molecule has 0 bridgehead atoms. The molecule has 50 valence electrons. The van der Waals surface area contributed by atoms with Crippen molar-refractivity contribution in [1.29, 1.82) is 0 Å². The van der Waals surface area contributed by atoms with Gasteiger partial charge in [0.05, 0.1) is 6.10 Å². The van der Waals surface area contributed by atoms with E-state index < -0.39 is 0 Å². The maximum absolute atomic E-state index is 8.94. The maximum atomic E-state index is 8.94. The van der Waals surface area contributed by atoms with Gasteiger partial charge in [-0.15, -0.1) is 12.4 Å². The van der Waals surface area contributed by atoms with Gasteiger partial charge in [-0.3, -0.25) is 0 Å². The summed E-state index contributed by atoms with van der Waals surface area (Å²) in [5, 5.41) is 12.0. The van der Waals surface area contributed by atoms with Gasteiger partial charge in [0.1, 0.15) is 0 Å². The fraction of sp³-hybridized carbons (Fsp3) is 1.00. The summed E-state index contributed by atoms with van der Waals surface area (Å²) in [6.07, 6.45) is -0.0972. The van der Waals surface area contributed by atoms with Gasteiger partial charge >= 0.3 is 0 Å². The predicted octanol–water partition coefficient (Wildman–Crippen LogP) is 0.00840. The standard InChI is InChI=1S/C5H11NO.ClH/c1-4-2-6-3-5(4)7;/h4-7H,2-3H2,1H3;1H/t4-,5+;/m1./s1. The Kier molecular flexibility index (Phi) is 3.36. The molecule has 0 unspecified atom stereocenters. The third-order valence-corrected chi connectivity index (χ3v) is 1.48. The van der Waals surface area contributed by atoms with Crippen LogP contribution in [0.25, 0.3) is 0 Å². The van der Waals surface area contributed by atoms with Crippen molar-refractivity contribution in [3.05, 3.63) is 0 Å². The first kappa shape index (κ1) is 8.21. The maximum Gasteiger partial charge on any atom is 0.0702 e. The largest absolute Gasteiger partial charge is 0.391 e. The lowest BCUT2D eigenvalue weighted by Crippen LogP contribution is -2.14. The molecule has 2 N–H and O–H groups in total. The summed E-state index contributed by atoms with van der Waals surface area (Å²) in [5.41, 5.74) is 0. The van der Waals surface area contributed by atoms with Crippen molar-refractivity contribution >= 4 is 12.4 Å². The number of aliphatic hydroxyl groups is 1. The van der Waals surface area contributed by atoms with Crippen LogP contribution in [0, 0.1) is 5.92 Å². The third kappa shape index (κ3) is 1.62. The van der Waals surface area contributed by atoms with Gasteiger partial charge in [0, 0.05) is 13.1 Å². The minimum Gasteiger partial charge on any atom is -0.391 e. The van der Waals surface area contributed by atoms with Gasteiger partial charge < -0.3 is 10.4 Å². The molecule has 0 saturated carbocycles. The Morgan fingerprint density at radius 3 is 2.25 bits per heavy atom. The van der Waals surface area contributed by atoms with Crippen molar-refractivity contribution in [3.8, 4) is 0 Å². The summed E-state index contributed by atoms with van der Waals surface area (Å²) in [6.45, 7) is 3.80. The van der Waals surface area contributed by atoms with Crippen LogP contribution in [0.1, 0.15) is 6.92 Å². The Morgan fingerprint density at radius 1 is 1.50 bits per heavy atom. The number of nitrogens with one attached hydrogen (secondary N) is 1. The summed E-state index contributed by atoms with van der Waals surface area (Å²) in [4.78, 5) is 0. The lowest BCUT2D eigenvalue weighted by molar-refractivity contribution is 0.156. The molecule has 0 aliphatic carbocycles. The number of β-amino-alcohol motifs (C(OH)–C–C–N with tert-alkyl or cyclic N) is 1. The van der Waals surface area contributed by atoms with Crippen molar-refractivity contribution in [3.63, 3.8) is 0 Å². The van der Waals surface area contributed by atoms with Crippen LogP contribution < -0.4 is 5.32 Å². The molecule has 1 saturated heterocycles. The minimum absolute atomic E-state index is 0. The van der Waals surface area contributed by atoms with Gasteiger partial charge in [-0.05, 0) is 5.92 Å². The molecule has 1 aliphatic heterocycles. The van der Waals surface area contributed by atoms with Crippen LogP contribution >= 0.6 is 12.4 Å². The van der Waals surface area contributed by atoms with Gasteiger partial charge in [0.15, 0.2) is 0 Å². The lowest BCUT2D eigenvalue weighted by atomic mass is 10.1. The third-order valence-electron chi connectivity index (χ3n) is 1.48. The molecule has 0 aromatic heterocycles. The number of hydrogen-bond acceptors (Lipinski definition) is 2. The predicted molar refractivity (Wildman–Crippen MR) is 35.3 cm³/mol. The second-order valence-corrected chi connectivity index (χ2v) is 2.20. The summed E-state index contributed by atoms with van der Waals surface area (Å²) < 4.78 is 0. The Bertz CT molecular complexity index is 61.4. The van der Waals surface area contributed by atoms with Crippen molar-refractivity contribution in [2.24, 2.45) is 5.92 Å². The monoisotopic (exact) mass is 137 g/mol. The highest BCUT2D eigenvalue weighted by molar-refractivity contribution is 5.85. The smallest absolute Gasteiger partial charge is 0.0702 e. The van der Waals surface area contributed by atoms with Gasteiger partial charge in [0.25, 0.3) is 0 Å². The molecule has 8 heavy (non-hydrogen) atoms. The first-order valence-electron chi connectivity index (χ1n) is 2.69. The molecule has 1 aliphatic rings. The summed E-state index contributed by atoms with van der Waals surface area (Å²) in [5.74, 6) is 0.458. The number of aliphatic hydroxyl groups excluding tert-OH is 1. The molecule has 1 rings (SSSR count). The topological polar surface area (TPSA) is 32.3 Å². The Balaban J connectivity index is 0.000000490. The van der Waals surface area contributed by atoms with E-state index >= 15 is 0 Å². The molecule has 0 spiro atoms. The summed E-state index contributed by atoms with van der Waals surface area (Å²) >= 11 is 0. The van der Waals surface area contributed by atoms with E-state index in [0.29, 0.717) is 5.92 Å². The molecule has 2 nitrogen and oxygen atoms in total. The van der Waals surface area contributed by atoms with Crippen LogP contribution in [0.15, 0.2) is 0 Å². The van der Waals surface area contributed by atoms with E-state index in [1.807, 2.05) is 6.92 Å². The second-order valence-electron chi connectivity index (χ2n) is 2.20. The molecule has 1 heterocycles.